The van der Waals surface area contributed by atoms with Gasteiger partial charge in [-0.25, -0.2) is 8.42 Å². The second-order valence-corrected chi connectivity index (χ2v) is 8.84. The molecule has 2 N–H and O–H groups in total. The highest BCUT2D eigenvalue weighted by Crippen LogP contribution is 2.22. The molecule has 9 nitrogen and oxygen atoms in total. The Bertz CT molecular complexity index is 1190. The molecule has 2 aromatic rings. The lowest BCUT2D eigenvalue weighted by molar-refractivity contribution is -0.153. The van der Waals surface area contributed by atoms with E-state index in [1.54, 1.807) is 42.5 Å². The molecule has 168 valence electrons. The summed E-state index contributed by atoms with van der Waals surface area (Å²) in [5.74, 6) is -0.971. The van der Waals surface area contributed by atoms with Crippen LogP contribution >= 0.6 is 0 Å². The highest BCUT2D eigenvalue weighted by atomic mass is 32.2. The number of ketones is 1. The number of hydrogen-bond acceptors (Lipinski definition) is 7. The van der Waals surface area contributed by atoms with Gasteiger partial charge in [0.05, 0.1) is 4.90 Å². The Balaban J connectivity index is 1.47. The number of fused-ring (bicyclic) bond motifs is 1. The van der Waals surface area contributed by atoms with Gasteiger partial charge in [0.25, 0.3) is 15.9 Å². The molecular formula is C22H23N3O6S. The van der Waals surface area contributed by atoms with Crippen molar-refractivity contribution in [2.45, 2.75) is 37.7 Å². The smallest absolute Gasteiger partial charge is 0.306 e. The lowest BCUT2D eigenvalue weighted by Crippen LogP contribution is -2.30. The van der Waals surface area contributed by atoms with E-state index in [1.165, 1.54) is 19.9 Å². The van der Waals surface area contributed by atoms with Gasteiger partial charge in [-0.05, 0) is 44.5 Å². The third-order valence-electron chi connectivity index (χ3n) is 4.69. The molecule has 1 aliphatic heterocycles. The summed E-state index contributed by atoms with van der Waals surface area (Å²) in [6.07, 6.45) is -0.688. The Hall–Kier alpha value is -3.53. The SMILES string of the molecule is CC(=O)c1cccc(NC(=O)[C@H](C)OC(=O)CCCN=C2NS(=O)(=O)c3ccccc32)c1. The summed E-state index contributed by atoms with van der Waals surface area (Å²) >= 11 is 0. The average molecular weight is 458 g/mol. The third kappa shape index (κ3) is 5.58. The van der Waals surface area contributed by atoms with Gasteiger partial charge in [0.2, 0.25) is 0 Å². The number of ether oxygens (including phenoxy) is 1. The number of hydrogen-bond donors (Lipinski definition) is 2. The fraction of sp³-hybridized carbons (Fsp3) is 0.273. The Morgan fingerprint density at radius 1 is 1.12 bits per heavy atom. The fourth-order valence-corrected chi connectivity index (χ4v) is 4.29. The zero-order valence-electron chi connectivity index (χ0n) is 17.6. The van der Waals surface area contributed by atoms with E-state index in [1.807, 2.05) is 0 Å². The van der Waals surface area contributed by atoms with Crippen molar-refractivity contribution in [2.75, 3.05) is 11.9 Å². The van der Waals surface area contributed by atoms with E-state index >= 15 is 0 Å². The van der Waals surface area contributed by atoms with Gasteiger partial charge in [-0.3, -0.25) is 24.1 Å². The summed E-state index contributed by atoms with van der Waals surface area (Å²) in [6, 6.07) is 13.0. The Morgan fingerprint density at radius 2 is 1.88 bits per heavy atom. The Morgan fingerprint density at radius 3 is 2.62 bits per heavy atom. The molecule has 0 spiro atoms. The molecular weight excluding hydrogens is 434 g/mol. The van der Waals surface area contributed by atoms with Crippen LogP contribution in [0.15, 0.2) is 58.4 Å². The van der Waals surface area contributed by atoms with E-state index in [9.17, 15) is 22.8 Å². The van der Waals surface area contributed by atoms with Crippen LogP contribution in [0.4, 0.5) is 5.69 Å². The second kappa shape index (κ2) is 9.73. The largest absolute Gasteiger partial charge is 0.453 e. The lowest BCUT2D eigenvalue weighted by atomic mass is 10.1. The molecule has 0 unspecified atom stereocenters. The number of rotatable bonds is 8. The number of esters is 1. The standard InChI is InChI=1S/C22H23N3O6S/c1-14(26)16-7-5-8-17(13-16)24-22(28)15(2)31-20(27)11-6-12-23-21-18-9-3-4-10-19(18)32(29,30)25-21/h3-5,7-10,13,15H,6,11-12H2,1-2H3,(H,23,25)(H,24,28)/t15-/m0/s1. The van der Waals surface area contributed by atoms with Crippen LogP contribution in [-0.2, 0) is 24.3 Å². The quantitative estimate of drug-likeness (QED) is 0.355. The average Bonchev–Trinajstić information content (AvgIpc) is 3.01. The third-order valence-corrected chi connectivity index (χ3v) is 6.08. The molecule has 2 aromatic carbocycles. The van der Waals surface area contributed by atoms with Crippen molar-refractivity contribution in [1.29, 1.82) is 0 Å². The first-order valence-electron chi connectivity index (χ1n) is 9.95. The van der Waals surface area contributed by atoms with Crippen LogP contribution in [0.3, 0.4) is 0 Å². The molecule has 0 aliphatic carbocycles. The number of aliphatic imine (C=N–C) groups is 1. The maximum Gasteiger partial charge on any atom is 0.306 e. The van der Waals surface area contributed by atoms with Gasteiger partial charge in [0.1, 0.15) is 5.84 Å². The second-order valence-electron chi connectivity index (χ2n) is 7.19. The molecule has 10 heteroatoms. The van der Waals surface area contributed by atoms with E-state index < -0.39 is 28.0 Å². The number of carbonyl (C=O) groups is 3. The number of anilines is 1. The Labute approximate surface area is 185 Å². The minimum absolute atomic E-state index is 0.0165. The first-order chi connectivity index (χ1) is 15.2. The van der Waals surface area contributed by atoms with Crippen molar-refractivity contribution < 1.29 is 27.5 Å². The molecule has 32 heavy (non-hydrogen) atoms. The number of sulfonamides is 1. The monoisotopic (exact) mass is 457 g/mol. The summed E-state index contributed by atoms with van der Waals surface area (Å²) < 4.78 is 31.6. The summed E-state index contributed by atoms with van der Waals surface area (Å²) in [6.45, 7) is 3.09. The van der Waals surface area contributed by atoms with Crippen molar-refractivity contribution in [3.8, 4) is 0 Å². The van der Waals surface area contributed by atoms with Crippen molar-refractivity contribution in [2.24, 2.45) is 4.99 Å². The number of amidine groups is 1. The highest BCUT2D eigenvalue weighted by molar-refractivity contribution is 7.90. The van der Waals surface area contributed by atoms with Crippen molar-refractivity contribution in [3.63, 3.8) is 0 Å². The van der Waals surface area contributed by atoms with Gasteiger partial charge in [-0.1, -0.05) is 24.3 Å². The van der Waals surface area contributed by atoms with Crippen LogP contribution in [0.25, 0.3) is 0 Å². The number of benzene rings is 2. The molecule has 0 saturated carbocycles. The van der Waals surface area contributed by atoms with Crippen LogP contribution in [-0.4, -0.2) is 44.6 Å². The molecule has 0 bridgehead atoms. The molecule has 1 atom stereocenters. The summed E-state index contributed by atoms with van der Waals surface area (Å²) in [4.78, 5) is 40.1. The number of amides is 1. The lowest BCUT2D eigenvalue weighted by Gasteiger charge is -2.13. The molecule has 1 amide bonds. The Kier molecular flexibility index (Phi) is 7.04. The van der Waals surface area contributed by atoms with Gasteiger partial charge in [-0.2, -0.15) is 0 Å². The molecule has 0 saturated heterocycles. The number of nitrogens with one attached hydrogen (secondary N) is 2. The zero-order chi connectivity index (χ0) is 23.3. The minimum Gasteiger partial charge on any atom is -0.453 e. The topological polar surface area (TPSA) is 131 Å². The van der Waals surface area contributed by atoms with E-state index in [0.717, 1.165) is 0 Å². The molecule has 3 rings (SSSR count). The van der Waals surface area contributed by atoms with Gasteiger partial charge < -0.3 is 10.1 Å². The van der Waals surface area contributed by atoms with E-state index in [-0.39, 0.29) is 29.5 Å². The van der Waals surface area contributed by atoms with E-state index in [0.29, 0.717) is 23.2 Å². The summed E-state index contributed by atoms with van der Waals surface area (Å²) in [7, 11) is -3.60. The van der Waals surface area contributed by atoms with E-state index in [4.69, 9.17) is 4.74 Å². The molecule has 1 aliphatic rings. The summed E-state index contributed by atoms with van der Waals surface area (Å²) in [5.41, 5.74) is 1.39. The number of carbonyl (C=O) groups excluding carboxylic acids is 3. The molecule has 0 aromatic heterocycles. The van der Waals surface area contributed by atoms with Crippen molar-refractivity contribution in [3.05, 3.63) is 59.7 Å². The fourth-order valence-electron chi connectivity index (χ4n) is 3.03. The van der Waals surface area contributed by atoms with Crippen LogP contribution in [0.2, 0.25) is 0 Å². The van der Waals surface area contributed by atoms with Gasteiger partial charge in [0, 0.05) is 29.8 Å². The van der Waals surface area contributed by atoms with Crippen LogP contribution in [0.5, 0.6) is 0 Å². The highest BCUT2D eigenvalue weighted by Gasteiger charge is 2.29. The van der Waals surface area contributed by atoms with Crippen molar-refractivity contribution in [1.82, 2.24) is 4.72 Å². The van der Waals surface area contributed by atoms with Gasteiger partial charge >= 0.3 is 5.97 Å². The first kappa shape index (κ1) is 23.1. The number of Topliss-reactive ketones (excluding diaryl/α,β-unsaturated/α-hetero) is 1. The van der Waals surface area contributed by atoms with Crippen LogP contribution in [0.1, 0.15) is 42.6 Å². The molecule has 1 heterocycles. The predicted molar refractivity (Wildman–Crippen MR) is 118 cm³/mol. The van der Waals surface area contributed by atoms with Gasteiger partial charge in [-0.15, -0.1) is 0 Å². The maximum absolute atomic E-state index is 12.3. The molecule has 0 fully saturated rings. The van der Waals surface area contributed by atoms with Gasteiger partial charge in [0.15, 0.2) is 11.9 Å². The summed E-state index contributed by atoms with van der Waals surface area (Å²) in [5, 5.41) is 2.61. The van der Waals surface area contributed by atoms with Crippen molar-refractivity contribution >= 4 is 39.2 Å². The van der Waals surface area contributed by atoms with E-state index in [2.05, 4.69) is 15.0 Å². The van der Waals surface area contributed by atoms with Crippen LogP contribution < -0.4 is 10.0 Å². The predicted octanol–water partition coefficient (Wildman–Crippen LogP) is 2.28. The zero-order valence-corrected chi connectivity index (χ0v) is 18.4. The van der Waals surface area contributed by atoms with Crippen LogP contribution in [0, 0.1) is 0 Å². The minimum atomic E-state index is -3.60. The normalized spacial score (nSPS) is 16.0. The first-order valence-corrected chi connectivity index (χ1v) is 11.4. The molecule has 0 radical (unpaired) electrons. The number of nitrogens with zero attached hydrogens (tertiary/aromatic N) is 1. The maximum atomic E-state index is 12.3.